The Morgan fingerprint density at radius 1 is 0.955 bits per heavy atom. The van der Waals surface area contributed by atoms with Crippen LogP contribution in [0.25, 0.3) is 0 Å². The minimum absolute atomic E-state index is 0.0485. The molecule has 0 aliphatic heterocycles. The molecule has 0 aliphatic carbocycles. The zero-order valence-corrected chi connectivity index (χ0v) is 13.4. The second-order valence-electron chi connectivity index (χ2n) is 5.31. The first kappa shape index (κ1) is 16.4. The largest absolute Gasteiger partial charge is 0.490 e. The molecule has 0 spiro atoms. The Kier molecular flexibility index (Phi) is 6.28. The molecule has 0 saturated carbocycles. The highest BCUT2D eigenvalue weighted by Crippen LogP contribution is 2.31. The normalized spacial score (nSPS) is 12.0. The first-order valence-corrected chi connectivity index (χ1v) is 7.93. The van der Waals surface area contributed by atoms with Crippen LogP contribution in [0.1, 0.15) is 43.9 Å². The Hall–Kier alpha value is -2.00. The van der Waals surface area contributed by atoms with Crippen molar-refractivity contribution in [3.05, 3.63) is 59.7 Å². The highest BCUT2D eigenvalue weighted by Gasteiger charge is 2.11. The standard InChI is InChI=1S/C19H25NO2/c1-3-8-17(20)16-11-12-18(19(13-16)21-4-2)22-14-15-9-6-5-7-10-15/h5-7,9-13,17H,3-4,8,14,20H2,1-2H3/t17-/m0/s1. The average molecular weight is 299 g/mol. The Morgan fingerprint density at radius 2 is 1.73 bits per heavy atom. The number of hydrogen-bond donors (Lipinski definition) is 1. The molecule has 2 rings (SSSR count). The van der Waals surface area contributed by atoms with Crippen LogP contribution < -0.4 is 15.2 Å². The van der Waals surface area contributed by atoms with Gasteiger partial charge in [0.2, 0.25) is 0 Å². The van der Waals surface area contributed by atoms with Gasteiger partial charge in [-0.3, -0.25) is 0 Å². The van der Waals surface area contributed by atoms with Crippen molar-refractivity contribution >= 4 is 0 Å². The summed E-state index contributed by atoms with van der Waals surface area (Å²) in [5.74, 6) is 1.53. The van der Waals surface area contributed by atoms with Crippen molar-refractivity contribution in [1.82, 2.24) is 0 Å². The molecule has 0 radical (unpaired) electrons. The van der Waals surface area contributed by atoms with Gasteiger partial charge in [-0.05, 0) is 36.6 Å². The topological polar surface area (TPSA) is 44.5 Å². The van der Waals surface area contributed by atoms with Gasteiger partial charge >= 0.3 is 0 Å². The second kappa shape index (κ2) is 8.44. The number of rotatable bonds is 8. The maximum absolute atomic E-state index is 6.19. The van der Waals surface area contributed by atoms with Gasteiger partial charge in [0.05, 0.1) is 6.61 Å². The van der Waals surface area contributed by atoms with Crippen LogP contribution in [-0.2, 0) is 6.61 Å². The molecular weight excluding hydrogens is 274 g/mol. The van der Waals surface area contributed by atoms with Crippen molar-refractivity contribution in [3.8, 4) is 11.5 Å². The van der Waals surface area contributed by atoms with Crippen molar-refractivity contribution < 1.29 is 9.47 Å². The zero-order chi connectivity index (χ0) is 15.8. The lowest BCUT2D eigenvalue weighted by Crippen LogP contribution is -2.10. The van der Waals surface area contributed by atoms with Gasteiger partial charge in [0.1, 0.15) is 6.61 Å². The summed E-state index contributed by atoms with van der Waals surface area (Å²) in [5.41, 5.74) is 8.42. The lowest BCUT2D eigenvalue weighted by atomic mass is 10.0. The molecule has 1 atom stereocenters. The summed E-state index contributed by atoms with van der Waals surface area (Å²) in [6, 6.07) is 16.2. The molecule has 2 N–H and O–H groups in total. The van der Waals surface area contributed by atoms with Gasteiger partial charge in [0.15, 0.2) is 11.5 Å². The van der Waals surface area contributed by atoms with Gasteiger partial charge in [-0.25, -0.2) is 0 Å². The van der Waals surface area contributed by atoms with Gasteiger partial charge in [-0.15, -0.1) is 0 Å². The summed E-state index contributed by atoms with van der Waals surface area (Å²) < 4.78 is 11.6. The third-order valence-corrected chi connectivity index (χ3v) is 3.53. The van der Waals surface area contributed by atoms with Gasteiger partial charge in [-0.2, -0.15) is 0 Å². The highest BCUT2D eigenvalue weighted by atomic mass is 16.5. The fourth-order valence-corrected chi connectivity index (χ4v) is 2.36. The SMILES string of the molecule is CCC[C@H](N)c1ccc(OCc2ccccc2)c(OCC)c1. The van der Waals surface area contributed by atoms with Crippen LogP contribution in [0.3, 0.4) is 0 Å². The molecule has 3 heteroatoms. The third kappa shape index (κ3) is 4.50. The molecule has 22 heavy (non-hydrogen) atoms. The Morgan fingerprint density at radius 3 is 2.41 bits per heavy atom. The molecule has 0 fully saturated rings. The predicted molar refractivity (Wildman–Crippen MR) is 90.2 cm³/mol. The monoisotopic (exact) mass is 299 g/mol. The summed E-state index contributed by atoms with van der Waals surface area (Å²) in [6.45, 7) is 5.25. The molecule has 2 aromatic rings. The van der Waals surface area contributed by atoms with E-state index in [2.05, 4.69) is 6.92 Å². The van der Waals surface area contributed by atoms with E-state index in [1.165, 1.54) is 0 Å². The molecule has 0 unspecified atom stereocenters. The van der Waals surface area contributed by atoms with Crippen LogP contribution in [0.15, 0.2) is 48.5 Å². The van der Waals surface area contributed by atoms with Crippen LogP contribution in [0.2, 0.25) is 0 Å². The smallest absolute Gasteiger partial charge is 0.161 e. The van der Waals surface area contributed by atoms with E-state index in [0.717, 1.165) is 35.5 Å². The van der Waals surface area contributed by atoms with E-state index in [4.69, 9.17) is 15.2 Å². The summed E-state index contributed by atoms with van der Waals surface area (Å²) >= 11 is 0. The third-order valence-electron chi connectivity index (χ3n) is 3.53. The van der Waals surface area contributed by atoms with E-state index in [-0.39, 0.29) is 6.04 Å². The van der Waals surface area contributed by atoms with Gasteiger partial charge in [-0.1, -0.05) is 49.7 Å². The summed E-state index contributed by atoms with van der Waals surface area (Å²) in [4.78, 5) is 0. The molecule has 0 bridgehead atoms. The van der Waals surface area contributed by atoms with Gasteiger partial charge in [0.25, 0.3) is 0 Å². The van der Waals surface area contributed by atoms with Crippen molar-refractivity contribution in [3.63, 3.8) is 0 Å². The van der Waals surface area contributed by atoms with Crippen molar-refractivity contribution in [2.75, 3.05) is 6.61 Å². The molecule has 0 aromatic heterocycles. The average Bonchev–Trinajstić information content (AvgIpc) is 2.55. The number of benzene rings is 2. The first-order valence-electron chi connectivity index (χ1n) is 7.93. The van der Waals surface area contributed by atoms with E-state index >= 15 is 0 Å². The summed E-state index contributed by atoms with van der Waals surface area (Å²) in [6.07, 6.45) is 2.03. The maximum Gasteiger partial charge on any atom is 0.161 e. The van der Waals surface area contributed by atoms with Gasteiger partial charge < -0.3 is 15.2 Å². The molecule has 0 saturated heterocycles. The van der Waals surface area contributed by atoms with E-state index in [1.54, 1.807) is 0 Å². The molecule has 0 heterocycles. The minimum Gasteiger partial charge on any atom is -0.490 e. The second-order valence-corrected chi connectivity index (χ2v) is 5.31. The lowest BCUT2D eigenvalue weighted by Gasteiger charge is -2.16. The molecule has 118 valence electrons. The number of hydrogen-bond acceptors (Lipinski definition) is 3. The summed E-state index contributed by atoms with van der Waals surface area (Å²) in [7, 11) is 0. The quantitative estimate of drug-likeness (QED) is 0.782. The maximum atomic E-state index is 6.19. The number of ether oxygens (including phenoxy) is 2. The van der Waals surface area contributed by atoms with Gasteiger partial charge in [0, 0.05) is 6.04 Å². The Labute approximate surface area is 133 Å². The Balaban J connectivity index is 2.12. The van der Waals surface area contributed by atoms with E-state index in [9.17, 15) is 0 Å². The highest BCUT2D eigenvalue weighted by molar-refractivity contribution is 5.44. The molecule has 0 aliphatic rings. The van der Waals surface area contributed by atoms with Crippen LogP contribution in [-0.4, -0.2) is 6.61 Å². The van der Waals surface area contributed by atoms with Crippen molar-refractivity contribution in [2.45, 2.75) is 39.3 Å². The molecule has 0 amide bonds. The van der Waals surface area contributed by atoms with Crippen LogP contribution >= 0.6 is 0 Å². The first-order chi connectivity index (χ1) is 10.7. The molecular formula is C19H25NO2. The minimum atomic E-state index is 0.0485. The fraction of sp³-hybridized carbons (Fsp3) is 0.368. The summed E-state index contributed by atoms with van der Waals surface area (Å²) in [5, 5.41) is 0. The van der Waals surface area contributed by atoms with E-state index in [0.29, 0.717) is 13.2 Å². The molecule has 2 aromatic carbocycles. The lowest BCUT2D eigenvalue weighted by molar-refractivity contribution is 0.269. The Bertz CT molecular complexity index is 569. The van der Waals surface area contributed by atoms with Crippen molar-refractivity contribution in [2.24, 2.45) is 5.73 Å². The predicted octanol–water partition coefficient (Wildman–Crippen LogP) is 4.46. The van der Waals surface area contributed by atoms with Crippen LogP contribution in [0.4, 0.5) is 0 Å². The zero-order valence-electron chi connectivity index (χ0n) is 13.4. The molecule has 3 nitrogen and oxygen atoms in total. The van der Waals surface area contributed by atoms with Crippen LogP contribution in [0, 0.1) is 0 Å². The number of nitrogens with two attached hydrogens (primary N) is 1. The van der Waals surface area contributed by atoms with E-state index < -0.39 is 0 Å². The van der Waals surface area contributed by atoms with Crippen molar-refractivity contribution in [1.29, 1.82) is 0 Å². The fourth-order valence-electron chi connectivity index (χ4n) is 2.36. The van der Waals surface area contributed by atoms with Crippen LogP contribution in [0.5, 0.6) is 11.5 Å². The van der Waals surface area contributed by atoms with E-state index in [1.807, 2.05) is 55.5 Å².